The van der Waals surface area contributed by atoms with Crippen LogP contribution < -0.4 is 4.90 Å². The molecule has 0 fully saturated rings. The second kappa shape index (κ2) is 10.5. The van der Waals surface area contributed by atoms with Crippen LogP contribution in [0.3, 0.4) is 0 Å². The van der Waals surface area contributed by atoms with Crippen molar-refractivity contribution in [1.29, 1.82) is 0 Å². The molecule has 0 saturated carbocycles. The van der Waals surface area contributed by atoms with Crippen LogP contribution >= 0.6 is 0 Å². The Morgan fingerprint density at radius 1 is 0.429 bits per heavy atom. The highest BCUT2D eigenvalue weighted by Crippen LogP contribution is 2.65. The lowest BCUT2D eigenvalue weighted by Crippen LogP contribution is -2.26. The summed E-state index contributed by atoms with van der Waals surface area (Å²) in [5.74, 6) is 0.487. The van der Waals surface area contributed by atoms with Crippen molar-refractivity contribution in [3.63, 3.8) is 0 Å². The average Bonchev–Trinajstić information content (AvgIpc) is 3.63. The van der Waals surface area contributed by atoms with Gasteiger partial charge in [-0.3, -0.25) is 0 Å². The number of anilines is 3. The van der Waals surface area contributed by atoms with E-state index in [2.05, 4.69) is 189 Å². The Bertz CT molecular complexity index is 2530. The first-order valence-electron chi connectivity index (χ1n) is 17.4. The lowest BCUT2D eigenvalue weighted by Gasteiger charge is -2.32. The van der Waals surface area contributed by atoms with E-state index in [1.165, 1.54) is 71.6 Å². The Hall–Kier alpha value is -5.92. The molecule has 49 heavy (non-hydrogen) atoms. The molecule has 2 aliphatic rings. The van der Waals surface area contributed by atoms with Crippen molar-refractivity contribution >= 4 is 38.6 Å². The van der Waals surface area contributed by atoms with Crippen molar-refractivity contribution in [3.8, 4) is 22.3 Å². The van der Waals surface area contributed by atoms with Gasteiger partial charge < -0.3 is 4.90 Å². The predicted molar refractivity (Wildman–Crippen MR) is 207 cm³/mol. The highest BCUT2D eigenvalue weighted by Gasteiger charge is 2.52. The Kier molecular flexibility index (Phi) is 6.05. The number of benzene rings is 8. The normalized spacial score (nSPS) is 13.4. The first kappa shape index (κ1) is 28.1. The number of fused-ring (bicyclic) bond motifs is 14. The van der Waals surface area contributed by atoms with Crippen LogP contribution in [0.2, 0.25) is 0 Å². The van der Waals surface area contributed by atoms with Gasteiger partial charge in [0.1, 0.15) is 0 Å². The van der Waals surface area contributed by atoms with Gasteiger partial charge in [-0.25, -0.2) is 0 Å². The monoisotopic (exact) mass is 625 g/mol. The topological polar surface area (TPSA) is 3.24 Å². The summed E-state index contributed by atoms with van der Waals surface area (Å²) in [5.41, 5.74) is 15.3. The van der Waals surface area contributed by atoms with Crippen LogP contribution in [0, 0.1) is 0 Å². The molecular formula is C48H35N. The zero-order valence-corrected chi connectivity index (χ0v) is 27.7. The van der Waals surface area contributed by atoms with Crippen molar-refractivity contribution in [1.82, 2.24) is 0 Å². The number of para-hydroxylation sites is 1. The van der Waals surface area contributed by atoms with Gasteiger partial charge >= 0.3 is 0 Å². The number of rotatable bonds is 4. The van der Waals surface area contributed by atoms with Crippen molar-refractivity contribution in [3.05, 3.63) is 198 Å². The van der Waals surface area contributed by atoms with Crippen LogP contribution in [0.1, 0.15) is 47.6 Å². The summed E-state index contributed by atoms with van der Waals surface area (Å²) in [5, 5.41) is 5.14. The SMILES string of the molecule is CC(C)c1ccc(N(c2ccccc2)c2ccc3c4c(ccc3c2)-c2c(ccc3ccccc23)C42c3ccccc3-c3ccccc32)cc1. The maximum Gasteiger partial charge on any atom is 0.0731 e. The van der Waals surface area contributed by atoms with Gasteiger partial charge in [0, 0.05) is 17.1 Å². The molecule has 1 spiro atoms. The van der Waals surface area contributed by atoms with E-state index in [9.17, 15) is 0 Å². The summed E-state index contributed by atoms with van der Waals surface area (Å²) < 4.78 is 0. The molecule has 8 aromatic rings. The molecule has 0 aliphatic heterocycles. The summed E-state index contributed by atoms with van der Waals surface area (Å²) in [6, 6.07) is 63.5. The lowest BCUT2D eigenvalue weighted by atomic mass is 9.69. The molecule has 0 aromatic heterocycles. The van der Waals surface area contributed by atoms with Gasteiger partial charge in [-0.1, -0.05) is 147 Å². The van der Waals surface area contributed by atoms with Crippen LogP contribution in [0.25, 0.3) is 43.8 Å². The van der Waals surface area contributed by atoms with E-state index >= 15 is 0 Å². The van der Waals surface area contributed by atoms with Crippen LogP contribution in [-0.2, 0) is 5.41 Å². The molecule has 0 saturated heterocycles. The minimum absolute atomic E-state index is 0.408. The molecule has 0 N–H and O–H groups in total. The molecule has 0 amide bonds. The van der Waals surface area contributed by atoms with Crippen molar-refractivity contribution < 1.29 is 0 Å². The molecule has 8 aromatic carbocycles. The maximum absolute atomic E-state index is 2.41. The molecule has 0 unspecified atom stereocenters. The summed E-state index contributed by atoms with van der Waals surface area (Å²) >= 11 is 0. The summed E-state index contributed by atoms with van der Waals surface area (Å²) in [4.78, 5) is 2.38. The van der Waals surface area contributed by atoms with E-state index in [0.717, 1.165) is 17.1 Å². The first-order valence-corrected chi connectivity index (χ1v) is 17.4. The van der Waals surface area contributed by atoms with Gasteiger partial charge in [-0.2, -0.15) is 0 Å². The standard InChI is InChI=1S/C48H35N/c1-31(2)32-20-24-36(25-21-32)49(35-13-4-3-5-14-35)37-26-28-39-34(30-37)22-27-42-46-38-15-7-6-12-33(38)23-29-45(46)48(47(39)42)43-18-10-8-16-40(43)41-17-9-11-19-44(41)48/h3-31H,1-2H3. The molecule has 232 valence electrons. The third kappa shape index (κ3) is 3.87. The molecule has 0 radical (unpaired) electrons. The Balaban J connectivity index is 1.27. The van der Waals surface area contributed by atoms with Gasteiger partial charge in [-0.15, -0.1) is 0 Å². The number of hydrogen-bond donors (Lipinski definition) is 0. The van der Waals surface area contributed by atoms with Crippen molar-refractivity contribution in [2.75, 3.05) is 4.90 Å². The molecule has 10 rings (SSSR count). The lowest BCUT2D eigenvalue weighted by molar-refractivity contribution is 0.802. The fourth-order valence-corrected chi connectivity index (χ4v) is 8.90. The Morgan fingerprint density at radius 2 is 1.04 bits per heavy atom. The molecule has 0 atom stereocenters. The second-order valence-electron chi connectivity index (χ2n) is 13.9. The van der Waals surface area contributed by atoms with Gasteiger partial charge in [0.05, 0.1) is 5.41 Å². The van der Waals surface area contributed by atoms with E-state index in [-0.39, 0.29) is 0 Å². The average molecular weight is 626 g/mol. The van der Waals surface area contributed by atoms with E-state index in [1.807, 2.05) is 0 Å². The van der Waals surface area contributed by atoms with Crippen molar-refractivity contribution in [2.45, 2.75) is 25.2 Å². The molecule has 2 aliphatic carbocycles. The maximum atomic E-state index is 2.41. The molecular weight excluding hydrogens is 591 g/mol. The smallest absolute Gasteiger partial charge is 0.0731 e. The first-order chi connectivity index (χ1) is 24.1. The third-order valence-electron chi connectivity index (χ3n) is 11.0. The van der Waals surface area contributed by atoms with E-state index in [4.69, 9.17) is 0 Å². The van der Waals surface area contributed by atoms with Crippen LogP contribution in [0.5, 0.6) is 0 Å². The van der Waals surface area contributed by atoms with Gasteiger partial charge in [0.2, 0.25) is 0 Å². The summed E-state index contributed by atoms with van der Waals surface area (Å²) in [6.07, 6.45) is 0. The van der Waals surface area contributed by atoms with E-state index in [0.29, 0.717) is 5.92 Å². The number of nitrogens with zero attached hydrogens (tertiary/aromatic N) is 1. The molecule has 1 heteroatoms. The molecule has 1 nitrogen and oxygen atoms in total. The van der Waals surface area contributed by atoms with Crippen LogP contribution in [0.4, 0.5) is 17.1 Å². The zero-order chi connectivity index (χ0) is 32.7. The zero-order valence-electron chi connectivity index (χ0n) is 27.7. The van der Waals surface area contributed by atoms with Gasteiger partial charge in [0.25, 0.3) is 0 Å². The Morgan fingerprint density at radius 3 is 1.78 bits per heavy atom. The quantitative estimate of drug-likeness (QED) is 0.188. The predicted octanol–water partition coefficient (Wildman–Crippen LogP) is 12.9. The Labute approximate surface area is 287 Å². The van der Waals surface area contributed by atoms with Gasteiger partial charge in [-0.05, 0) is 114 Å². The van der Waals surface area contributed by atoms with E-state index in [1.54, 1.807) is 0 Å². The van der Waals surface area contributed by atoms with E-state index < -0.39 is 5.41 Å². The minimum Gasteiger partial charge on any atom is -0.310 e. The fraction of sp³-hybridized carbons (Fsp3) is 0.0833. The largest absolute Gasteiger partial charge is 0.310 e. The van der Waals surface area contributed by atoms with Crippen molar-refractivity contribution in [2.24, 2.45) is 0 Å². The summed E-state index contributed by atoms with van der Waals surface area (Å²) in [6.45, 7) is 4.50. The van der Waals surface area contributed by atoms with Crippen LogP contribution in [0.15, 0.2) is 170 Å². The minimum atomic E-state index is -0.408. The van der Waals surface area contributed by atoms with Crippen LogP contribution in [-0.4, -0.2) is 0 Å². The second-order valence-corrected chi connectivity index (χ2v) is 13.9. The highest BCUT2D eigenvalue weighted by atomic mass is 15.1. The highest BCUT2D eigenvalue weighted by molar-refractivity contribution is 6.11. The third-order valence-corrected chi connectivity index (χ3v) is 11.0. The fourth-order valence-electron chi connectivity index (χ4n) is 8.90. The van der Waals surface area contributed by atoms with Gasteiger partial charge in [0.15, 0.2) is 0 Å². The number of hydrogen-bond acceptors (Lipinski definition) is 1. The summed E-state index contributed by atoms with van der Waals surface area (Å²) in [7, 11) is 0. The molecule has 0 heterocycles. The molecule has 0 bridgehead atoms.